The summed E-state index contributed by atoms with van der Waals surface area (Å²) < 4.78 is 40.8. The van der Waals surface area contributed by atoms with E-state index in [1.165, 1.54) is 12.1 Å². The van der Waals surface area contributed by atoms with E-state index < -0.39 is 17.6 Å². The molecule has 202 valence electrons. The third-order valence-corrected chi connectivity index (χ3v) is 7.25. The first-order valence-electron chi connectivity index (χ1n) is 12.6. The van der Waals surface area contributed by atoms with Crippen LogP contribution in [-0.2, 0) is 13.2 Å². The van der Waals surface area contributed by atoms with Gasteiger partial charge in [0.2, 0.25) is 0 Å². The summed E-state index contributed by atoms with van der Waals surface area (Å²) in [5, 5.41) is 6.73. The van der Waals surface area contributed by atoms with Crippen molar-refractivity contribution < 1.29 is 18.0 Å². The van der Waals surface area contributed by atoms with E-state index in [0.29, 0.717) is 22.9 Å². The molecule has 0 bridgehead atoms. The lowest BCUT2D eigenvalue weighted by molar-refractivity contribution is -0.137. The van der Waals surface area contributed by atoms with Gasteiger partial charge in [0.1, 0.15) is 5.82 Å². The Kier molecular flexibility index (Phi) is 6.90. The number of fused-ring (bicyclic) bond motifs is 1. The number of nitrogens with zero attached hydrogens (tertiary/aromatic N) is 3. The molecule has 2 aromatic heterocycles. The van der Waals surface area contributed by atoms with Gasteiger partial charge in [-0.1, -0.05) is 12.1 Å². The summed E-state index contributed by atoms with van der Waals surface area (Å²) in [6.07, 6.45) is -1.77. The van der Waals surface area contributed by atoms with Crippen LogP contribution in [0.2, 0.25) is 0 Å². The minimum atomic E-state index is -4.55. The maximum atomic E-state index is 13.5. The van der Waals surface area contributed by atoms with E-state index in [1.54, 1.807) is 42.1 Å². The van der Waals surface area contributed by atoms with Gasteiger partial charge >= 0.3 is 6.18 Å². The minimum absolute atomic E-state index is 0.116. The van der Waals surface area contributed by atoms with Crippen LogP contribution in [0, 0.1) is 6.92 Å². The van der Waals surface area contributed by atoms with Crippen LogP contribution in [0.4, 0.5) is 24.7 Å². The van der Waals surface area contributed by atoms with Crippen molar-refractivity contribution in [3.8, 4) is 11.1 Å². The Bertz CT molecular complexity index is 1630. The molecule has 3 heterocycles. The molecule has 1 amide bonds. The fourth-order valence-electron chi connectivity index (χ4n) is 4.95. The molecule has 1 unspecified atom stereocenters. The molecule has 10 heteroatoms. The van der Waals surface area contributed by atoms with Gasteiger partial charge in [-0.3, -0.25) is 9.59 Å². The van der Waals surface area contributed by atoms with Crippen molar-refractivity contribution in [2.24, 2.45) is 7.05 Å². The maximum absolute atomic E-state index is 13.5. The molecule has 1 fully saturated rings. The average molecular weight is 536 g/mol. The fourth-order valence-corrected chi connectivity index (χ4v) is 4.95. The highest BCUT2D eigenvalue weighted by Crippen LogP contribution is 2.31. The van der Waals surface area contributed by atoms with Crippen LogP contribution >= 0.6 is 0 Å². The molecule has 39 heavy (non-hydrogen) atoms. The van der Waals surface area contributed by atoms with E-state index in [9.17, 15) is 22.8 Å². The number of halogens is 3. The number of hydrogen-bond acceptors (Lipinski definition) is 5. The van der Waals surface area contributed by atoms with Crippen LogP contribution in [0.25, 0.3) is 22.0 Å². The van der Waals surface area contributed by atoms with Crippen LogP contribution in [-0.4, -0.2) is 41.6 Å². The number of rotatable bonds is 5. The molecule has 0 saturated carbocycles. The molecular formula is C29H28F3N5O2. The average Bonchev–Trinajstić information content (AvgIpc) is 3.41. The highest BCUT2D eigenvalue weighted by atomic mass is 19.4. The summed E-state index contributed by atoms with van der Waals surface area (Å²) in [5.74, 6) is 0.139. The van der Waals surface area contributed by atoms with Gasteiger partial charge in [-0.2, -0.15) is 13.2 Å². The zero-order valence-corrected chi connectivity index (χ0v) is 21.8. The van der Waals surface area contributed by atoms with Crippen molar-refractivity contribution in [1.82, 2.24) is 14.9 Å². The number of alkyl halides is 3. The molecular weight excluding hydrogens is 507 g/mol. The largest absolute Gasteiger partial charge is 0.416 e. The van der Waals surface area contributed by atoms with Crippen LogP contribution in [0.1, 0.15) is 27.9 Å². The van der Waals surface area contributed by atoms with Crippen molar-refractivity contribution >= 4 is 28.3 Å². The van der Waals surface area contributed by atoms with Gasteiger partial charge in [0.25, 0.3) is 11.5 Å². The molecule has 7 nitrogen and oxygen atoms in total. The van der Waals surface area contributed by atoms with Crippen molar-refractivity contribution in [2.45, 2.75) is 25.6 Å². The lowest BCUT2D eigenvalue weighted by atomic mass is 9.99. The van der Waals surface area contributed by atoms with Gasteiger partial charge in [-0.05, 0) is 67.9 Å². The SMILES string of the molecule is CNC1CCN(c2cc3c(cn2)cc(-c2cc(NC(=O)c4cccc(C(F)(F)F)c4)ccc2C)c(=O)n3C)C1. The fraction of sp³-hybridized carbons (Fsp3) is 0.276. The molecule has 1 atom stereocenters. The normalized spacial score (nSPS) is 15.6. The van der Waals surface area contributed by atoms with Gasteiger partial charge in [0.05, 0.1) is 11.1 Å². The summed E-state index contributed by atoms with van der Waals surface area (Å²) in [4.78, 5) is 33.1. The number of aryl methyl sites for hydroxylation is 2. The van der Waals surface area contributed by atoms with E-state index >= 15 is 0 Å². The number of carbonyl (C=O) groups excluding carboxylic acids is 1. The van der Waals surface area contributed by atoms with E-state index in [-0.39, 0.29) is 11.1 Å². The molecule has 1 aliphatic rings. The lowest BCUT2D eigenvalue weighted by Gasteiger charge is -2.19. The van der Waals surface area contributed by atoms with E-state index in [0.717, 1.165) is 53.9 Å². The Hall–Kier alpha value is -4.18. The standard InChI is InChI=1S/C29H28F3N5O2/c1-17-7-8-21(35-27(38)18-5-4-6-20(11-18)29(30,31)32)13-23(17)24-12-19-15-34-26(14-25(19)36(3)28(24)39)37-10-9-22(16-37)33-2/h4-8,11-15,22,33H,9-10,16H2,1-3H3,(H,35,38). The molecule has 5 rings (SSSR count). The second kappa shape index (κ2) is 10.2. The summed E-state index contributed by atoms with van der Waals surface area (Å²) in [7, 11) is 3.66. The minimum Gasteiger partial charge on any atom is -0.355 e. The molecule has 0 aliphatic carbocycles. The van der Waals surface area contributed by atoms with Crippen molar-refractivity contribution in [3.63, 3.8) is 0 Å². The van der Waals surface area contributed by atoms with Crippen LogP contribution in [0.15, 0.2) is 65.6 Å². The van der Waals surface area contributed by atoms with Gasteiger partial charge in [0.15, 0.2) is 0 Å². The number of aromatic nitrogens is 2. The molecule has 4 aromatic rings. The second-order valence-corrected chi connectivity index (χ2v) is 9.81. The number of hydrogen-bond donors (Lipinski definition) is 2. The zero-order chi connectivity index (χ0) is 27.9. The van der Waals surface area contributed by atoms with E-state index in [4.69, 9.17) is 0 Å². The quantitative estimate of drug-likeness (QED) is 0.377. The number of anilines is 2. The smallest absolute Gasteiger partial charge is 0.355 e. The van der Waals surface area contributed by atoms with Crippen LogP contribution in [0.3, 0.4) is 0 Å². The highest BCUT2D eigenvalue weighted by Gasteiger charge is 2.31. The number of benzene rings is 2. The van der Waals surface area contributed by atoms with Gasteiger partial charge in [-0.15, -0.1) is 0 Å². The maximum Gasteiger partial charge on any atom is 0.416 e. The highest BCUT2D eigenvalue weighted by molar-refractivity contribution is 6.04. The van der Waals surface area contributed by atoms with Crippen molar-refractivity contribution in [2.75, 3.05) is 30.4 Å². The number of amides is 1. The molecule has 0 spiro atoms. The number of pyridine rings is 2. The Morgan fingerprint density at radius 3 is 2.59 bits per heavy atom. The topological polar surface area (TPSA) is 79.3 Å². The second-order valence-electron chi connectivity index (χ2n) is 9.81. The Morgan fingerprint density at radius 2 is 1.87 bits per heavy atom. The lowest BCUT2D eigenvalue weighted by Crippen LogP contribution is -2.30. The Morgan fingerprint density at radius 1 is 1.08 bits per heavy atom. The summed E-state index contributed by atoms with van der Waals surface area (Å²) in [5.41, 5.74) is 1.75. The van der Waals surface area contributed by atoms with Gasteiger partial charge in [-0.25, -0.2) is 4.98 Å². The van der Waals surface area contributed by atoms with Crippen LogP contribution in [0.5, 0.6) is 0 Å². The summed E-state index contributed by atoms with van der Waals surface area (Å²) in [6, 6.07) is 13.4. The number of likely N-dealkylation sites (N-methyl/N-ethyl adjacent to an activating group) is 1. The van der Waals surface area contributed by atoms with Crippen molar-refractivity contribution in [3.05, 3.63) is 87.8 Å². The monoisotopic (exact) mass is 535 g/mol. The molecule has 2 aromatic carbocycles. The molecule has 0 radical (unpaired) electrons. The van der Waals surface area contributed by atoms with E-state index in [1.807, 2.05) is 20.0 Å². The number of nitrogens with one attached hydrogen (secondary N) is 2. The van der Waals surface area contributed by atoms with Gasteiger partial charge in [0, 0.05) is 60.6 Å². The molecule has 2 N–H and O–H groups in total. The molecule has 1 saturated heterocycles. The zero-order valence-electron chi connectivity index (χ0n) is 21.8. The van der Waals surface area contributed by atoms with Crippen LogP contribution < -0.4 is 21.1 Å². The third kappa shape index (κ3) is 5.24. The van der Waals surface area contributed by atoms with Crippen molar-refractivity contribution in [1.29, 1.82) is 0 Å². The Labute approximate surface area is 223 Å². The number of carbonyl (C=O) groups is 1. The first-order valence-corrected chi connectivity index (χ1v) is 12.6. The van der Waals surface area contributed by atoms with Gasteiger partial charge < -0.3 is 20.1 Å². The first kappa shape index (κ1) is 26.4. The van der Waals surface area contributed by atoms with E-state index in [2.05, 4.69) is 20.5 Å². The first-order chi connectivity index (χ1) is 18.5. The Balaban J connectivity index is 1.47. The third-order valence-electron chi connectivity index (χ3n) is 7.25. The summed E-state index contributed by atoms with van der Waals surface area (Å²) >= 11 is 0. The predicted octanol–water partition coefficient (Wildman–Crippen LogP) is 4.98. The molecule has 1 aliphatic heterocycles. The summed E-state index contributed by atoms with van der Waals surface area (Å²) in [6.45, 7) is 3.58. The predicted molar refractivity (Wildman–Crippen MR) is 146 cm³/mol.